The molecule has 1 aromatic rings. The summed E-state index contributed by atoms with van der Waals surface area (Å²) < 4.78 is 0. The number of benzene rings is 1. The molecule has 2 aliphatic rings. The highest BCUT2D eigenvalue weighted by Crippen LogP contribution is 2.33. The molecule has 1 atom stereocenters. The van der Waals surface area contributed by atoms with Crippen molar-refractivity contribution in [3.8, 4) is 0 Å². The molecule has 1 aliphatic carbocycles. The Morgan fingerprint density at radius 3 is 2.00 bits per heavy atom. The fourth-order valence-electron chi connectivity index (χ4n) is 4.05. The van der Waals surface area contributed by atoms with Crippen molar-refractivity contribution in [3.05, 3.63) is 35.4 Å². The van der Waals surface area contributed by atoms with Crippen molar-refractivity contribution in [2.45, 2.75) is 71.8 Å². The second-order valence-corrected chi connectivity index (χ2v) is 9.98. The lowest BCUT2D eigenvalue weighted by atomic mass is 9.85. The van der Waals surface area contributed by atoms with Crippen LogP contribution in [0.2, 0.25) is 0 Å². The van der Waals surface area contributed by atoms with Gasteiger partial charge in [-0.3, -0.25) is 9.59 Å². The summed E-state index contributed by atoms with van der Waals surface area (Å²) in [5.41, 5.74) is 2.59. The molecule has 1 N–H and O–H groups in total. The second-order valence-electron chi connectivity index (χ2n) is 9.98. The van der Waals surface area contributed by atoms with E-state index in [2.05, 4.69) is 64.2 Å². The van der Waals surface area contributed by atoms with E-state index in [0.29, 0.717) is 11.8 Å². The molecule has 2 amide bonds. The van der Waals surface area contributed by atoms with Gasteiger partial charge < -0.3 is 10.2 Å². The zero-order valence-electron chi connectivity index (χ0n) is 18.1. The second kappa shape index (κ2) is 8.26. The van der Waals surface area contributed by atoms with Crippen molar-refractivity contribution in [3.63, 3.8) is 0 Å². The van der Waals surface area contributed by atoms with Crippen molar-refractivity contribution >= 4 is 11.8 Å². The summed E-state index contributed by atoms with van der Waals surface area (Å²) in [7, 11) is 0. The topological polar surface area (TPSA) is 49.4 Å². The number of nitrogens with zero attached hydrogens (tertiary/aromatic N) is 1. The van der Waals surface area contributed by atoms with Gasteiger partial charge in [0.05, 0.1) is 6.04 Å². The number of piperidine rings is 1. The van der Waals surface area contributed by atoms with Gasteiger partial charge in [-0.05, 0) is 48.1 Å². The van der Waals surface area contributed by atoms with Gasteiger partial charge in [0.2, 0.25) is 11.8 Å². The number of carbonyl (C=O) groups excluding carboxylic acids is 2. The van der Waals surface area contributed by atoms with E-state index in [1.54, 1.807) is 0 Å². The predicted molar refractivity (Wildman–Crippen MR) is 113 cm³/mol. The molecule has 0 bridgehead atoms. The summed E-state index contributed by atoms with van der Waals surface area (Å²) in [6.45, 7) is 12.4. The number of nitrogens with one attached hydrogen (secondary N) is 1. The molecule has 0 aromatic heterocycles. The molecule has 4 nitrogen and oxygen atoms in total. The number of hydrogen-bond acceptors (Lipinski definition) is 2. The largest absolute Gasteiger partial charge is 0.349 e. The van der Waals surface area contributed by atoms with Crippen LogP contribution in [0, 0.1) is 17.8 Å². The quantitative estimate of drug-likeness (QED) is 0.815. The van der Waals surface area contributed by atoms with Crippen molar-refractivity contribution in [1.29, 1.82) is 0 Å². The minimum atomic E-state index is 0.0124. The van der Waals surface area contributed by atoms with Crippen LogP contribution in [0.4, 0.5) is 0 Å². The van der Waals surface area contributed by atoms with Gasteiger partial charge in [0.15, 0.2) is 0 Å². The van der Waals surface area contributed by atoms with Crippen LogP contribution in [-0.2, 0) is 15.0 Å². The highest BCUT2D eigenvalue weighted by molar-refractivity contribution is 5.82. The fraction of sp³-hybridized carbons (Fsp3) is 0.667. The third-order valence-electron chi connectivity index (χ3n) is 6.20. The van der Waals surface area contributed by atoms with Crippen LogP contribution >= 0.6 is 0 Å². The highest BCUT2D eigenvalue weighted by atomic mass is 16.2. The molecule has 0 radical (unpaired) electrons. The highest BCUT2D eigenvalue weighted by Gasteiger charge is 2.36. The van der Waals surface area contributed by atoms with Gasteiger partial charge >= 0.3 is 0 Å². The van der Waals surface area contributed by atoms with E-state index < -0.39 is 0 Å². The van der Waals surface area contributed by atoms with Gasteiger partial charge in [0.25, 0.3) is 0 Å². The van der Waals surface area contributed by atoms with Crippen LogP contribution in [0.25, 0.3) is 0 Å². The van der Waals surface area contributed by atoms with E-state index in [1.165, 1.54) is 5.56 Å². The molecule has 3 rings (SSSR count). The summed E-state index contributed by atoms with van der Waals surface area (Å²) in [5, 5.41) is 3.30. The van der Waals surface area contributed by atoms with Crippen LogP contribution in [0.3, 0.4) is 0 Å². The predicted octanol–water partition coefficient (Wildman–Crippen LogP) is 4.45. The van der Waals surface area contributed by atoms with E-state index in [9.17, 15) is 9.59 Å². The molecule has 1 heterocycles. The Kier molecular flexibility index (Phi) is 6.16. The lowest BCUT2D eigenvalue weighted by molar-refractivity contribution is -0.137. The minimum Gasteiger partial charge on any atom is -0.349 e. The molecule has 4 heteroatoms. The van der Waals surface area contributed by atoms with E-state index >= 15 is 0 Å². The smallest absolute Gasteiger partial charge is 0.225 e. The standard InChI is InChI=1S/C24H36N2O2/c1-16(2)21(17-8-10-20(11-9-17)24(3,4)5)25-22(27)18-12-14-26(15-13-18)23(28)19-6-7-19/h8-11,16,18-19,21H,6-7,12-15H2,1-5H3,(H,25,27). The number of likely N-dealkylation sites (tertiary alicyclic amines) is 1. The molecular formula is C24H36N2O2. The number of rotatable bonds is 5. The molecule has 1 saturated heterocycles. The van der Waals surface area contributed by atoms with Crippen LogP contribution in [0.15, 0.2) is 24.3 Å². The molecular weight excluding hydrogens is 348 g/mol. The third kappa shape index (κ3) is 4.95. The van der Waals surface area contributed by atoms with E-state index in [0.717, 1.165) is 44.3 Å². The SMILES string of the molecule is CC(C)C(NC(=O)C1CCN(C(=O)C2CC2)CC1)c1ccc(C(C)(C)C)cc1. The Bertz CT molecular complexity index is 690. The van der Waals surface area contributed by atoms with Gasteiger partial charge in [-0.2, -0.15) is 0 Å². The molecule has 2 fully saturated rings. The number of carbonyl (C=O) groups is 2. The fourth-order valence-corrected chi connectivity index (χ4v) is 4.05. The van der Waals surface area contributed by atoms with Crippen molar-refractivity contribution in [2.75, 3.05) is 13.1 Å². The maximum absolute atomic E-state index is 12.9. The Morgan fingerprint density at radius 1 is 0.964 bits per heavy atom. The summed E-state index contributed by atoms with van der Waals surface area (Å²) in [6.07, 6.45) is 3.64. The maximum atomic E-state index is 12.9. The first kappa shape index (κ1) is 20.9. The Balaban J connectivity index is 1.59. The summed E-state index contributed by atoms with van der Waals surface area (Å²) >= 11 is 0. The van der Waals surface area contributed by atoms with E-state index in [4.69, 9.17) is 0 Å². The van der Waals surface area contributed by atoms with Gasteiger partial charge in [-0.15, -0.1) is 0 Å². The zero-order chi connectivity index (χ0) is 20.5. The van der Waals surface area contributed by atoms with Crippen molar-refractivity contribution < 1.29 is 9.59 Å². The van der Waals surface area contributed by atoms with Crippen LogP contribution < -0.4 is 5.32 Å². The summed E-state index contributed by atoms with van der Waals surface area (Å²) in [6, 6.07) is 8.69. The van der Waals surface area contributed by atoms with Crippen LogP contribution in [0.1, 0.15) is 77.5 Å². The van der Waals surface area contributed by atoms with Gasteiger partial charge in [-0.1, -0.05) is 58.9 Å². The number of hydrogen-bond donors (Lipinski definition) is 1. The molecule has 0 spiro atoms. The minimum absolute atomic E-state index is 0.0124. The molecule has 1 unspecified atom stereocenters. The Hall–Kier alpha value is -1.84. The lowest BCUT2D eigenvalue weighted by Crippen LogP contribution is -2.44. The van der Waals surface area contributed by atoms with Crippen molar-refractivity contribution in [2.24, 2.45) is 17.8 Å². The van der Waals surface area contributed by atoms with Crippen LogP contribution in [-0.4, -0.2) is 29.8 Å². The van der Waals surface area contributed by atoms with Gasteiger partial charge in [0.1, 0.15) is 0 Å². The lowest BCUT2D eigenvalue weighted by Gasteiger charge is -2.33. The van der Waals surface area contributed by atoms with E-state index in [-0.39, 0.29) is 29.2 Å². The first-order valence-corrected chi connectivity index (χ1v) is 10.9. The van der Waals surface area contributed by atoms with Crippen LogP contribution in [0.5, 0.6) is 0 Å². The summed E-state index contributed by atoms with van der Waals surface area (Å²) in [5.74, 6) is 1.04. The van der Waals surface area contributed by atoms with Gasteiger partial charge in [0, 0.05) is 24.9 Å². The number of amides is 2. The molecule has 1 aromatic carbocycles. The summed E-state index contributed by atoms with van der Waals surface area (Å²) in [4.78, 5) is 27.1. The van der Waals surface area contributed by atoms with Crippen molar-refractivity contribution in [1.82, 2.24) is 10.2 Å². The molecule has 1 saturated carbocycles. The normalized spacial score (nSPS) is 19.6. The first-order valence-electron chi connectivity index (χ1n) is 10.9. The monoisotopic (exact) mass is 384 g/mol. The van der Waals surface area contributed by atoms with Gasteiger partial charge in [-0.25, -0.2) is 0 Å². The van der Waals surface area contributed by atoms with E-state index in [1.807, 2.05) is 4.90 Å². The molecule has 1 aliphatic heterocycles. The molecule has 28 heavy (non-hydrogen) atoms. The first-order chi connectivity index (χ1) is 13.2. The zero-order valence-corrected chi connectivity index (χ0v) is 18.1. The Morgan fingerprint density at radius 2 is 1.54 bits per heavy atom. The average molecular weight is 385 g/mol. The maximum Gasteiger partial charge on any atom is 0.225 e. The average Bonchev–Trinajstić information content (AvgIpc) is 3.50. The third-order valence-corrected chi connectivity index (χ3v) is 6.20. The Labute approximate surface area is 170 Å². The molecule has 154 valence electrons.